The summed E-state index contributed by atoms with van der Waals surface area (Å²) in [5.74, 6) is -8.03. The normalized spacial score (nSPS) is 29.8. The molecule has 0 aliphatic heterocycles. The van der Waals surface area contributed by atoms with Crippen molar-refractivity contribution in [3.8, 4) is 5.75 Å². The van der Waals surface area contributed by atoms with Crippen LogP contribution in [0, 0.1) is 11.8 Å². The van der Waals surface area contributed by atoms with Gasteiger partial charge in [-0.25, -0.2) is 0 Å². The van der Waals surface area contributed by atoms with E-state index in [4.69, 9.17) is 5.73 Å². The maximum absolute atomic E-state index is 13.8. The van der Waals surface area contributed by atoms with Gasteiger partial charge in [-0.1, -0.05) is 42.5 Å². The van der Waals surface area contributed by atoms with Crippen LogP contribution in [0.5, 0.6) is 5.75 Å². The van der Waals surface area contributed by atoms with E-state index in [1.807, 2.05) is 30.3 Å². The molecule has 0 bridgehead atoms. The van der Waals surface area contributed by atoms with Gasteiger partial charge in [0.2, 0.25) is 5.78 Å². The van der Waals surface area contributed by atoms with Crippen molar-refractivity contribution in [1.29, 1.82) is 0 Å². The molecular formula is C29H30N2O8S. The second-order valence-corrected chi connectivity index (χ2v) is 11.6. The van der Waals surface area contributed by atoms with E-state index < -0.39 is 75.6 Å². The molecular weight excluding hydrogens is 536 g/mol. The van der Waals surface area contributed by atoms with Crippen LogP contribution in [0.25, 0.3) is 0 Å². The number of thioether (sulfide) groups is 1. The first kappa shape index (κ1) is 27.9. The van der Waals surface area contributed by atoms with Crippen molar-refractivity contribution >= 4 is 29.2 Å². The van der Waals surface area contributed by atoms with E-state index in [1.54, 1.807) is 12.1 Å². The monoisotopic (exact) mass is 566 g/mol. The number of benzene rings is 2. The quantitative estimate of drug-likeness (QED) is 0.281. The van der Waals surface area contributed by atoms with Gasteiger partial charge in [-0.15, -0.1) is 0 Å². The molecule has 0 saturated carbocycles. The number of aromatic hydroxyl groups is 1. The zero-order chi connectivity index (χ0) is 29.1. The predicted molar refractivity (Wildman–Crippen MR) is 147 cm³/mol. The van der Waals surface area contributed by atoms with Gasteiger partial charge < -0.3 is 31.3 Å². The molecule has 6 atom stereocenters. The van der Waals surface area contributed by atoms with Crippen LogP contribution in [0.3, 0.4) is 0 Å². The molecule has 7 N–H and O–H groups in total. The smallest absolute Gasteiger partial charge is 0.255 e. The molecule has 3 aliphatic carbocycles. The Morgan fingerprint density at radius 3 is 2.35 bits per heavy atom. The average Bonchev–Trinajstić information content (AvgIpc) is 2.90. The summed E-state index contributed by atoms with van der Waals surface area (Å²) < 4.78 is 0. The number of amides is 1. The number of phenolic OH excluding ortho intramolecular Hbond substituents is 1. The molecule has 40 heavy (non-hydrogen) atoms. The number of aliphatic hydroxyl groups is 4. The van der Waals surface area contributed by atoms with Gasteiger partial charge in [0.1, 0.15) is 22.8 Å². The highest BCUT2D eigenvalue weighted by molar-refractivity contribution is 7.98. The molecule has 0 aromatic heterocycles. The summed E-state index contributed by atoms with van der Waals surface area (Å²) in [6.07, 6.45) is -1.63. The van der Waals surface area contributed by atoms with Crippen LogP contribution in [-0.2, 0) is 15.3 Å². The second kappa shape index (κ2) is 10.1. The number of nitrogens with two attached hydrogens (primary N) is 1. The fourth-order valence-electron chi connectivity index (χ4n) is 6.48. The Bertz CT molecular complexity index is 1470. The molecule has 0 fully saturated rings. The summed E-state index contributed by atoms with van der Waals surface area (Å²) in [4.78, 5) is 40.9. The minimum absolute atomic E-state index is 0.0965. The summed E-state index contributed by atoms with van der Waals surface area (Å²) in [6, 6.07) is 12.9. The standard InChI is InChI=1S/C29H30N2O8S/c1-31(2)22-21-24(34)18-15(12-40-11-13-7-4-3-5-8-13)14-9-6-10-16(32)17(14)23(33)19(18)26(36)29(21,39)27(37)20(25(22)35)28(30)38/h3-10,15,18,21-22,24,32,34-36,39H,11-12H2,1-2H3,(H2,30,38)/t15-,18+,21+,22-,24-,29-/m1/s1. The van der Waals surface area contributed by atoms with Crippen molar-refractivity contribution in [1.82, 2.24) is 4.90 Å². The van der Waals surface area contributed by atoms with Crippen LogP contribution in [0.2, 0.25) is 0 Å². The Morgan fingerprint density at radius 1 is 1.05 bits per heavy atom. The maximum Gasteiger partial charge on any atom is 0.255 e. The minimum Gasteiger partial charge on any atom is -0.510 e. The van der Waals surface area contributed by atoms with Crippen molar-refractivity contribution in [3.63, 3.8) is 0 Å². The van der Waals surface area contributed by atoms with E-state index in [2.05, 4.69) is 0 Å². The maximum atomic E-state index is 13.8. The van der Waals surface area contributed by atoms with Crippen molar-refractivity contribution in [3.05, 3.63) is 87.9 Å². The minimum atomic E-state index is -2.93. The lowest BCUT2D eigenvalue weighted by Gasteiger charge is -2.53. The van der Waals surface area contributed by atoms with Crippen LogP contribution >= 0.6 is 11.8 Å². The summed E-state index contributed by atoms with van der Waals surface area (Å²) in [7, 11) is 3.01. The molecule has 0 heterocycles. The van der Waals surface area contributed by atoms with Gasteiger partial charge in [0.05, 0.1) is 23.6 Å². The topological polar surface area (TPSA) is 182 Å². The average molecular weight is 567 g/mol. The van der Waals surface area contributed by atoms with Crippen LogP contribution in [0.4, 0.5) is 0 Å². The van der Waals surface area contributed by atoms with Gasteiger partial charge in [-0.2, -0.15) is 11.8 Å². The first-order valence-corrected chi connectivity index (χ1v) is 13.8. The number of aliphatic hydroxyl groups excluding tert-OH is 3. The van der Waals surface area contributed by atoms with Gasteiger partial charge in [0.15, 0.2) is 11.4 Å². The first-order chi connectivity index (χ1) is 18.9. The van der Waals surface area contributed by atoms with Crippen LogP contribution in [0.15, 0.2) is 71.2 Å². The number of rotatable bonds is 6. The third-order valence-corrected chi connectivity index (χ3v) is 9.34. The number of nitrogens with zero attached hydrogens (tertiary/aromatic N) is 1. The van der Waals surface area contributed by atoms with Gasteiger partial charge in [0.25, 0.3) is 5.91 Å². The van der Waals surface area contributed by atoms with Crippen molar-refractivity contribution in [2.24, 2.45) is 17.6 Å². The highest BCUT2D eigenvalue weighted by Gasteiger charge is 2.67. The number of hydrogen-bond acceptors (Lipinski definition) is 10. The lowest BCUT2D eigenvalue weighted by Crippen LogP contribution is -2.68. The summed E-state index contributed by atoms with van der Waals surface area (Å²) in [5, 5.41) is 56.9. The third kappa shape index (κ3) is 3.95. The molecule has 0 spiro atoms. The second-order valence-electron chi connectivity index (χ2n) is 10.6. The van der Waals surface area contributed by atoms with Gasteiger partial charge in [-0.3, -0.25) is 19.3 Å². The number of primary amides is 1. The van der Waals surface area contributed by atoms with Crippen LogP contribution in [0.1, 0.15) is 27.4 Å². The zero-order valence-corrected chi connectivity index (χ0v) is 22.6. The Labute approximate surface area is 234 Å². The molecule has 0 unspecified atom stereocenters. The molecule has 5 rings (SSSR count). The zero-order valence-electron chi connectivity index (χ0n) is 21.8. The highest BCUT2D eigenvalue weighted by atomic mass is 32.2. The molecule has 1 amide bonds. The Morgan fingerprint density at radius 2 is 1.73 bits per heavy atom. The first-order valence-electron chi connectivity index (χ1n) is 12.7. The summed E-state index contributed by atoms with van der Waals surface area (Å²) >= 11 is 1.52. The highest BCUT2D eigenvalue weighted by Crippen LogP contribution is 2.56. The molecule has 0 radical (unpaired) electrons. The SMILES string of the molecule is CN(C)[C@H]1C(O)=C(C(N)=O)C(=O)[C@]2(O)C(O)=C3C(=O)c4c(O)cccc4[C@@H](CSCc4ccccc4)[C@@H]3[C@@H](O)[C@H]12. The molecule has 10 nitrogen and oxygen atoms in total. The largest absolute Gasteiger partial charge is 0.510 e. The number of hydrogen-bond donors (Lipinski definition) is 6. The van der Waals surface area contributed by atoms with Gasteiger partial charge in [0, 0.05) is 28.9 Å². The fourth-order valence-corrected chi connectivity index (χ4v) is 7.66. The van der Waals surface area contributed by atoms with Crippen molar-refractivity contribution < 1.29 is 39.9 Å². The Hall–Kier alpha value is -3.64. The number of phenols is 1. The van der Waals surface area contributed by atoms with Gasteiger partial charge >= 0.3 is 0 Å². The molecule has 0 saturated heterocycles. The molecule has 2 aromatic rings. The number of fused-ring (bicyclic) bond motifs is 3. The fraction of sp³-hybridized carbons (Fsp3) is 0.345. The number of ketones is 2. The third-order valence-electron chi connectivity index (χ3n) is 8.21. The van der Waals surface area contributed by atoms with Gasteiger partial charge in [-0.05, 0) is 31.3 Å². The number of Topliss-reactive ketones (excluding diaryl/α,β-unsaturated/α-hetero) is 2. The number of likely N-dealkylation sites (N-methyl/N-ethyl adjacent to an activating group) is 1. The summed E-state index contributed by atoms with van der Waals surface area (Å²) in [5.41, 5.74) is 2.51. The van der Waals surface area contributed by atoms with Crippen LogP contribution < -0.4 is 5.73 Å². The van der Waals surface area contributed by atoms with E-state index in [0.29, 0.717) is 17.1 Å². The van der Waals surface area contributed by atoms with Crippen molar-refractivity contribution in [2.75, 3.05) is 19.8 Å². The molecule has 3 aliphatic rings. The van der Waals surface area contributed by atoms with Crippen LogP contribution in [-0.4, -0.2) is 85.5 Å². The molecule has 2 aromatic carbocycles. The van der Waals surface area contributed by atoms with Crippen molar-refractivity contribution in [2.45, 2.75) is 29.4 Å². The van der Waals surface area contributed by atoms with E-state index in [0.717, 1.165) is 5.56 Å². The Balaban J connectivity index is 1.70. The lowest BCUT2D eigenvalue weighted by atomic mass is 9.55. The van der Waals surface area contributed by atoms with E-state index in [1.165, 1.54) is 36.8 Å². The lowest BCUT2D eigenvalue weighted by molar-refractivity contribution is -0.162. The Kier molecular flexibility index (Phi) is 7.03. The summed E-state index contributed by atoms with van der Waals surface area (Å²) in [6.45, 7) is 0. The number of carbonyl (C=O) groups is 3. The predicted octanol–water partition coefficient (Wildman–Crippen LogP) is 1.57. The molecule has 11 heteroatoms. The van der Waals surface area contributed by atoms with E-state index in [-0.39, 0.29) is 11.3 Å². The number of carbonyl (C=O) groups excluding carboxylic acids is 3. The van der Waals surface area contributed by atoms with E-state index >= 15 is 0 Å². The van der Waals surface area contributed by atoms with E-state index in [9.17, 15) is 39.9 Å². The molecule has 210 valence electrons.